The van der Waals surface area contributed by atoms with Gasteiger partial charge in [0.25, 0.3) is 5.91 Å². The van der Waals surface area contributed by atoms with Crippen LogP contribution < -0.4 is 4.90 Å². The Balaban J connectivity index is 1.58. The van der Waals surface area contributed by atoms with Crippen molar-refractivity contribution >= 4 is 23.5 Å². The molecule has 162 valence electrons. The van der Waals surface area contributed by atoms with E-state index in [1.165, 1.54) is 23.1 Å². The third-order valence-corrected chi connectivity index (χ3v) is 5.88. The number of thioether (sulfide) groups is 1. The second kappa shape index (κ2) is 9.68. The number of hydrogen-bond acceptors (Lipinski definition) is 5. The number of anilines is 1. The van der Waals surface area contributed by atoms with Crippen LogP contribution in [0.4, 0.5) is 19.0 Å². The normalized spacial score (nSPS) is 15.0. The number of hydrogen-bond donors (Lipinski definition) is 0. The van der Waals surface area contributed by atoms with Gasteiger partial charge >= 0.3 is 6.18 Å². The fraction of sp³-hybridized carbons (Fsp3) is 0.476. The first-order chi connectivity index (χ1) is 14.3. The average molecular weight is 439 g/mol. The fourth-order valence-corrected chi connectivity index (χ4v) is 4.24. The molecule has 0 radical (unpaired) electrons. The van der Waals surface area contributed by atoms with Crippen molar-refractivity contribution in [3.8, 4) is 0 Å². The van der Waals surface area contributed by atoms with Gasteiger partial charge in [-0.2, -0.15) is 13.2 Å². The minimum Gasteiger partial charge on any atom is -0.352 e. The lowest BCUT2D eigenvalue weighted by Crippen LogP contribution is -2.49. The van der Waals surface area contributed by atoms with E-state index in [-0.39, 0.29) is 5.56 Å². The molecule has 1 saturated heterocycles. The first-order valence-corrected chi connectivity index (χ1v) is 10.9. The van der Waals surface area contributed by atoms with Gasteiger partial charge in [-0.25, -0.2) is 0 Å². The lowest BCUT2D eigenvalue weighted by atomic mass is 10.1. The highest BCUT2D eigenvalue weighted by Crippen LogP contribution is 2.32. The van der Waals surface area contributed by atoms with E-state index in [2.05, 4.69) is 24.0 Å². The molecule has 1 aromatic carbocycles. The van der Waals surface area contributed by atoms with E-state index in [9.17, 15) is 18.0 Å². The minimum atomic E-state index is -4.56. The topological polar surface area (TPSA) is 49.3 Å². The maximum absolute atomic E-state index is 13.2. The number of piperazine rings is 1. The smallest absolute Gasteiger partial charge is 0.352 e. The fourth-order valence-electron chi connectivity index (χ4n) is 3.18. The third kappa shape index (κ3) is 5.65. The second-order valence-corrected chi connectivity index (χ2v) is 8.70. The molecule has 0 unspecified atom stereocenters. The summed E-state index contributed by atoms with van der Waals surface area (Å²) in [4.78, 5) is 16.1. The van der Waals surface area contributed by atoms with Crippen molar-refractivity contribution in [2.75, 3.05) is 36.8 Å². The number of carbonyl (C=O) groups excluding carboxylic acids is 1. The maximum atomic E-state index is 13.2. The second-order valence-electron chi connectivity index (χ2n) is 7.58. The van der Waals surface area contributed by atoms with Crippen molar-refractivity contribution in [2.24, 2.45) is 5.92 Å². The molecule has 1 aliphatic rings. The number of halogens is 3. The molecule has 0 N–H and O–H groups in total. The molecular formula is C21H25F3N4OS. The molecule has 2 heterocycles. The van der Waals surface area contributed by atoms with Crippen molar-refractivity contribution in [2.45, 2.75) is 31.5 Å². The lowest BCUT2D eigenvalue weighted by Gasteiger charge is -2.35. The van der Waals surface area contributed by atoms with Crippen LogP contribution in [0.2, 0.25) is 0 Å². The van der Waals surface area contributed by atoms with Crippen LogP contribution in [-0.2, 0) is 6.18 Å². The van der Waals surface area contributed by atoms with Crippen LogP contribution in [0.1, 0.15) is 36.2 Å². The Kier molecular flexibility index (Phi) is 7.23. The summed E-state index contributed by atoms with van der Waals surface area (Å²) in [5, 5.41) is 9.41. The molecule has 0 saturated carbocycles. The number of benzene rings is 1. The highest BCUT2D eigenvalue weighted by molar-refractivity contribution is 7.99. The molecule has 30 heavy (non-hydrogen) atoms. The zero-order chi connectivity index (χ0) is 21.7. The molecule has 5 nitrogen and oxygen atoms in total. The monoisotopic (exact) mass is 438 g/mol. The van der Waals surface area contributed by atoms with Gasteiger partial charge in [-0.3, -0.25) is 4.79 Å². The molecule has 1 amide bonds. The summed E-state index contributed by atoms with van der Waals surface area (Å²) in [6, 6.07) is 8.76. The molecule has 0 atom stereocenters. The van der Waals surface area contributed by atoms with Crippen molar-refractivity contribution in [3.05, 3.63) is 47.5 Å². The molecule has 3 rings (SSSR count). The Bertz CT molecular complexity index is 850. The quantitative estimate of drug-likeness (QED) is 0.617. The van der Waals surface area contributed by atoms with Gasteiger partial charge in [-0.05, 0) is 42.4 Å². The van der Waals surface area contributed by atoms with Crippen LogP contribution >= 0.6 is 11.8 Å². The average Bonchev–Trinajstić information content (AvgIpc) is 2.73. The van der Waals surface area contributed by atoms with E-state index in [1.807, 2.05) is 17.0 Å². The van der Waals surface area contributed by atoms with Crippen molar-refractivity contribution in [1.29, 1.82) is 0 Å². The van der Waals surface area contributed by atoms with E-state index in [1.54, 1.807) is 11.8 Å². The number of carbonyl (C=O) groups is 1. The zero-order valence-corrected chi connectivity index (χ0v) is 17.8. The summed E-state index contributed by atoms with van der Waals surface area (Å²) in [6.07, 6.45) is -3.44. The third-order valence-electron chi connectivity index (χ3n) is 4.92. The summed E-state index contributed by atoms with van der Waals surface area (Å²) in [5.41, 5.74) is -1.20. The Morgan fingerprint density at radius 1 is 1.07 bits per heavy atom. The largest absolute Gasteiger partial charge is 0.417 e. The highest BCUT2D eigenvalue weighted by atomic mass is 32.2. The molecule has 0 aliphatic carbocycles. The molecule has 1 aliphatic heterocycles. The van der Waals surface area contributed by atoms with Gasteiger partial charge < -0.3 is 9.80 Å². The standard InChI is InChI=1S/C21H25F3N4OS/c1-15(2)9-14-30-19-8-7-18(25-26-19)27-10-12-28(13-11-27)20(29)16-5-3-4-6-17(16)21(22,23)24/h3-8,15H,9-14H2,1-2H3. The van der Waals surface area contributed by atoms with Crippen LogP contribution in [0, 0.1) is 5.92 Å². The summed E-state index contributed by atoms with van der Waals surface area (Å²) in [6.45, 7) is 6.01. The van der Waals surface area contributed by atoms with Gasteiger partial charge in [0.2, 0.25) is 0 Å². The molecule has 0 spiro atoms. The van der Waals surface area contributed by atoms with Crippen LogP contribution in [-0.4, -0.2) is 52.9 Å². The Hall–Kier alpha value is -2.29. The predicted molar refractivity (Wildman–Crippen MR) is 112 cm³/mol. The summed E-state index contributed by atoms with van der Waals surface area (Å²) < 4.78 is 39.6. The van der Waals surface area contributed by atoms with Crippen molar-refractivity contribution in [1.82, 2.24) is 15.1 Å². The SMILES string of the molecule is CC(C)CCSc1ccc(N2CCN(C(=O)c3ccccc3C(F)(F)F)CC2)nn1. The van der Waals surface area contributed by atoms with Crippen LogP contribution in [0.25, 0.3) is 0 Å². The Morgan fingerprint density at radius 3 is 2.37 bits per heavy atom. The van der Waals surface area contributed by atoms with Gasteiger partial charge in [-0.1, -0.05) is 26.0 Å². The number of aromatic nitrogens is 2. The summed E-state index contributed by atoms with van der Waals surface area (Å²) in [7, 11) is 0. The van der Waals surface area contributed by atoms with Crippen molar-refractivity contribution in [3.63, 3.8) is 0 Å². The van der Waals surface area contributed by atoms with E-state index in [0.29, 0.717) is 37.9 Å². The summed E-state index contributed by atoms with van der Waals surface area (Å²) in [5.74, 6) is 1.76. The van der Waals surface area contributed by atoms with E-state index in [0.717, 1.165) is 23.3 Å². The van der Waals surface area contributed by atoms with Crippen LogP contribution in [0.5, 0.6) is 0 Å². The van der Waals surface area contributed by atoms with Gasteiger partial charge in [0, 0.05) is 26.2 Å². The molecule has 1 aromatic heterocycles. The predicted octanol–water partition coefficient (Wildman–Crippen LogP) is 4.60. The van der Waals surface area contributed by atoms with E-state index < -0.39 is 17.6 Å². The molecular weight excluding hydrogens is 413 g/mol. The van der Waals surface area contributed by atoms with Crippen LogP contribution in [0.3, 0.4) is 0 Å². The van der Waals surface area contributed by atoms with Gasteiger partial charge in [0.05, 0.1) is 11.1 Å². The molecule has 1 fully saturated rings. The van der Waals surface area contributed by atoms with Gasteiger partial charge in [-0.15, -0.1) is 22.0 Å². The maximum Gasteiger partial charge on any atom is 0.417 e. The molecule has 2 aromatic rings. The number of alkyl halides is 3. The van der Waals surface area contributed by atoms with Gasteiger partial charge in [0.1, 0.15) is 5.03 Å². The zero-order valence-electron chi connectivity index (χ0n) is 17.0. The first kappa shape index (κ1) is 22.4. The first-order valence-electron chi connectivity index (χ1n) is 9.92. The van der Waals surface area contributed by atoms with E-state index in [4.69, 9.17) is 0 Å². The van der Waals surface area contributed by atoms with E-state index >= 15 is 0 Å². The van der Waals surface area contributed by atoms with Crippen molar-refractivity contribution < 1.29 is 18.0 Å². The number of rotatable bonds is 6. The molecule has 9 heteroatoms. The lowest BCUT2D eigenvalue weighted by molar-refractivity contribution is -0.138. The number of amides is 1. The minimum absolute atomic E-state index is 0.305. The van der Waals surface area contributed by atoms with Crippen LogP contribution in [0.15, 0.2) is 41.4 Å². The number of nitrogens with zero attached hydrogens (tertiary/aromatic N) is 4. The molecule has 0 bridgehead atoms. The summed E-state index contributed by atoms with van der Waals surface area (Å²) >= 11 is 1.67. The Morgan fingerprint density at radius 2 is 1.77 bits per heavy atom. The Labute approximate surface area is 178 Å². The highest BCUT2D eigenvalue weighted by Gasteiger charge is 2.36. The van der Waals surface area contributed by atoms with Gasteiger partial charge in [0.15, 0.2) is 5.82 Å².